The van der Waals surface area contributed by atoms with Gasteiger partial charge in [0.2, 0.25) is 6.08 Å². The molecule has 1 fully saturated rings. The Morgan fingerprint density at radius 1 is 1.28 bits per heavy atom. The molecule has 3 rings (SSSR count). The minimum atomic E-state index is 0.292. The van der Waals surface area contributed by atoms with Gasteiger partial charge in [-0.1, -0.05) is 30.3 Å². The molecular weight excluding hydrogens is 224 g/mol. The van der Waals surface area contributed by atoms with Gasteiger partial charge in [-0.25, -0.2) is 4.79 Å². The molecule has 2 heterocycles. The van der Waals surface area contributed by atoms with Crippen molar-refractivity contribution in [3.05, 3.63) is 41.6 Å². The Morgan fingerprint density at radius 2 is 2.06 bits per heavy atom. The van der Waals surface area contributed by atoms with Crippen LogP contribution in [-0.2, 0) is 4.79 Å². The standard InChI is InChI=1S/C15H16N2O/c1-17-12-7-8-14(17)15(16-10-18)13(9-12)11-5-3-2-4-6-11/h2-6,12,14H,7-9H2,1H3/t12-,14+/m0/s1. The number of rotatable bonds is 2. The minimum absolute atomic E-state index is 0.292. The van der Waals surface area contributed by atoms with Crippen LogP contribution in [0.4, 0.5) is 0 Å². The predicted molar refractivity (Wildman–Crippen MR) is 70.7 cm³/mol. The summed E-state index contributed by atoms with van der Waals surface area (Å²) in [4.78, 5) is 17.0. The summed E-state index contributed by atoms with van der Waals surface area (Å²) in [6.45, 7) is 0. The molecule has 0 N–H and O–H groups in total. The van der Waals surface area contributed by atoms with Crippen molar-refractivity contribution < 1.29 is 4.79 Å². The highest BCUT2D eigenvalue weighted by Crippen LogP contribution is 2.42. The fourth-order valence-corrected chi connectivity index (χ4v) is 3.23. The van der Waals surface area contributed by atoms with Gasteiger partial charge < -0.3 is 0 Å². The normalized spacial score (nSPS) is 27.2. The lowest BCUT2D eigenvalue weighted by Crippen LogP contribution is -2.37. The zero-order chi connectivity index (χ0) is 12.5. The van der Waals surface area contributed by atoms with Crippen molar-refractivity contribution in [2.24, 2.45) is 4.99 Å². The summed E-state index contributed by atoms with van der Waals surface area (Å²) < 4.78 is 0. The fraction of sp³-hybridized carbons (Fsp3) is 0.400. The maximum Gasteiger partial charge on any atom is 0.240 e. The van der Waals surface area contributed by atoms with Gasteiger partial charge in [0.05, 0.1) is 11.7 Å². The first-order chi connectivity index (χ1) is 8.81. The number of aliphatic imine (C=N–C) groups is 1. The van der Waals surface area contributed by atoms with Crippen LogP contribution >= 0.6 is 0 Å². The molecule has 2 bridgehead atoms. The lowest BCUT2D eigenvalue weighted by atomic mass is 9.93. The van der Waals surface area contributed by atoms with Crippen molar-refractivity contribution in [3.63, 3.8) is 0 Å². The number of hydrogen-bond donors (Lipinski definition) is 0. The third kappa shape index (κ3) is 1.72. The molecule has 0 amide bonds. The SMILES string of the molecule is CN1[C@H]2CC[C@@H]1C(N=C=O)=C(c1ccccc1)C2. The third-order valence-corrected chi connectivity index (χ3v) is 4.19. The number of isocyanates is 1. The molecule has 0 unspecified atom stereocenters. The maximum atomic E-state index is 10.7. The summed E-state index contributed by atoms with van der Waals surface area (Å²) >= 11 is 0. The highest BCUT2D eigenvalue weighted by Gasteiger charge is 2.39. The molecule has 18 heavy (non-hydrogen) atoms. The first-order valence-corrected chi connectivity index (χ1v) is 6.39. The van der Waals surface area contributed by atoms with Crippen molar-refractivity contribution in [2.45, 2.75) is 31.3 Å². The Morgan fingerprint density at radius 3 is 2.78 bits per heavy atom. The van der Waals surface area contributed by atoms with E-state index in [4.69, 9.17) is 0 Å². The molecule has 2 aliphatic heterocycles. The summed E-state index contributed by atoms with van der Waals surface area (Å²) in [5.74, 6) is 0. The van der Waals surface area contributed by atoms with Crippen LogP contribution in [0.5, 0.6) is 0 Å². The van der Waals surface area contributed by atoms with Gasteiger partial charge in [0.1, 0.15) is 0 Å². The van der Waals surface area contributed by atoms with E-state index >= 15 is 0 Å². The number of carbonyl (C=O) groups excluding carboxylic acids is 1. The fourth-order valence-electron chi connectivity index (χ4n) is 3.23. The smallest absolute Gasteiger partial charge is 0.240 e. The van der Waals surface area contributed by atoms with Crippen LogP contribution < -0.4 is 0 Å². The van der Waals surface area contributed by atoms with Gasteiger partial charge in [-0.2, -0.15) is 4.99 Å². The average Bonchev–Trinajstić information content (AvgIpc) is 2.65. The van der Waals surface area contributed by atoms with E-state index in [1.54, 1.807) is 6.08 Å². The Kier molecular flexibility index (Phi) is 2.86. The largest absolute Gasteiger partial charge is 0.294 e. The van der Waals surface area contributed by atoms with Crippen LogP contribution in [-0.4, -0.2) is 30.1 Å². The van der Waals surface area contributed by atoms with Crippen molar-refractivity contribution in [1.29, 1.82) is 0 Å². The number of hydrogen-bond acceptors (Lipinski definition) is 3. The minimum Gasteiger partial charge on any atom is -0.294 e. The van der Waals surface area contributed by atoms with Gasteiger partial charge in [0, 0.05) is 6.04 Å². The summed E-state index contributed by atoms with van der Waals surface area (Å²) in [6.07, 6.45) is 5.00. The van der Waals surface area contributed by atoms with Crippen molar-refractivity contribution in [1.82, 2.24) is 4.90 Å². The van der Waals surface area contributed by atoms with E-state index in [0.29, 0.717) is 12.1 Å². The van der Waals surface area contributed by atoms with Gasteiger partial charge in [0.25, 0.3) is 0 Å². The molecule has 0 aliphatic carbocycles. The van der Waals surface area contributed by atoms with E-state index in [9.17, 15) is 4.79 Å². The highest BCUT2D eigenvalue weighted by molar-refractivity contribution is 5.72. The van der Waals surface area contributed by atoms with E-state index in [2.05, 4.69) is 29.1 Å². The Labute approximate surface area is 107 Å². The second kappa shape index (κ2) is 4.52. The van der Waals surface area contributed by atoms with Crippen LogP contribution in [0.2, 0.25) is 0 Å². The van der Waals surface area contributed by atoms with Gasteiger partial charge >= 0.3 is 0 Å². The summed E-state index contributed by atoms with van der Waals surface area (Å²) in [6, 6.07) is 11.2. The van der Waals surface area contributed by atoms with E-state index in [1.165, 1.54) is 17.6 Å². The molecule has 92 valence electrons. The second-order valence-corrected chi connectivity index (χ2v) is 5.05. The van der Waals surface area contributed by atoms with Crippen LogP contribution in [0.25, 0.3) is 5.57 Å². The quantitative estimate of drug-likeness (QED) is 0.588. The molecule has 3 heteroatoms. The van der Waals surface area contributed by atoms with Gasteiger partial charge in [-0.15, -0.1) is 0 Å². The van der Waals surface area contributed by atoms with Crippen LogP contribution in [0, 0.1) is 0 Å². The first-order valence-electron chi connectivity index (χ1n) is 6.39. The lowest BCUT2D eigenvalue weighted by molar-refractivity contribution is 0.254. The van der Waals surface area contributed by atoms with Crippen LogP contribution in [0.1, 0.15) is 24.8 Å². The maximum absolute atomic E-state index is 10.7. The molecule has 1 aromatic carbocycles. The second-order valence-electron chi connectivity index (χ2n) is 5.05. The molecular formula is C15H16N2O. The molecule has 2 aliphatic rings. The predicted octanol–water partition coefficient (Wildman–Crippen LogP) is 2.60. The summed E-state index contributed by atoms with van der Waals surface area (Å²) in [5.41, 5.74) is 3.34. The molecule has 0 spiro atoms. The number of fused-ring (bicyclic) bond motifs is 2. The van der Waals surface area contributed by atoms with E-state index in [0.717, 1.165) is 18.5 Å². The first kappa shape index (κ1) is 11.4. The molecule has 3 nitrogen and oxygen atoms in total. The number of benzene rings is 1. The van der Waals surface area contributed by atoms with Crippen molar-refractivity contribution in [3.8, 4) is 0 Å². The van der Waals surface area contributed by atoms with E-state index in [1.807, 2.05) is 18.2 Å². The summed E-state index contributed by atoms with van der Waals surface area (Å²) in [5, 5.41) is 0. The molecule has 2 atom stereocenters. The van der Waals surface area contributed by atoms with Gasteiger partial charge in [0.15, 0.2) is 0 Å². The van der Waals surface area contributed by atoms with Crippen molar-refractivity contribution in [2.75, 3.05) is 7.05 Å². The third-order valence-electron chi connectivity index (χ3n) is 4.19. The molecule has 1 aromatic rings. The van der Waals surface area contributed by atoms with Gasteiger partial charge in [-0.3, -0.25) is 4.90 Å². The molecule has 0 aromatic heterocycles. The van der Waals surface area contributed by atoms with E-state index in [-0.39, 0.29) is 0 Å². The zero-order valence-electron chi connectivity index (χ0n) is 10.5. The monoisotopic (exact) mass is 240 g/mol. The Bertz CT molecular complexity index is 529. The summed E-state index contributed by atoms with van der Waals surface area (Å²) in [7, 11) is 2.13. The Balaban J connectivity index is 2.12. The van der Waals surface area contributed by atoms with Crippen LogP contribution in [0.15, 0.2) is 41.0 Å². The average molecular weight is 240 g/mol. The number of nitrogens with zero attached hydrogens (tertiary/aromatic N) is 2. The van der Waals surface area contributed by atoms with Crippen LogP contribution in [0.3, 0.4) is 0 Å². The lowest BCUT2D eigenvalue weighted by Gasteiger charge is -2.33. The number of likely N-dealkylation sites (N-methyl/N-ethyl adjacent to an activating group) is 1. The molecule has 1 saturated heterocycles. The Hall–Kier alpha value is -1.70. The molecule has 0 saturated carbocycles. The molecule has 0 radical (unpaired) electrons. The highest BCUT2D eigenvalue weighted by atomic mass is 16.1. The topological polar surface area (TPSA) is 32.7 Å². The zero-order valence-corrected chi connectivity index (χ0v) is 10.5. The van der Waals surface area contributed by atoms with Crippen molar-refractivity contribution >= 4 is 11.7 Å². The van der Waals surface area contributed by atoms with Gasteiger partial charge in [-0.05, 0) is 37.4 Å². The van der Waals surface area contributed by atoms with E-state index < -0.39 is 0 Å².